The number of fused-ring (bicyclic) bond motifs is 1. The second-order valence-electron chi connectivity index (χ2n) is 3.21. The zero-order valence-corrected chi connectivity index (χ0v) is 9.06. The van der Waals surface area contributed by atoms with Gasteiger partial charge in [-0.25, -0.2) is 0 Å². The van der Waals surface area contributed by atoms with Crippen LogP contribution in [-0.4, -0.2) is 16.1 Å². The molecule has 0 radical (unpaired) electrons. The van der Waals surface area contributed by atoms with Gasteiger partial charge in [0, 0.05) is 21.6 Å². The fourth-order valence-electron chi connectivity index (χ4n) is 1.48. The molecule has 2 aromatic rings. The van der Waals surface area contributed by atoms with Crippen molar-refractivity contribution >= 4 is 40.1 Å². The number of hydrogen-bond acceptors (Lipinski definition) is 1. The molecule has 0 saturated carbocycles. The van der Waals surface area contributed by atoms with Gasteiger partial charge in [-0.15, -0.1) is 0 Å². The number of aliphatic carboxylic acids is 1. The van der Waals surface area contributed by atoms with Gasteiger partial charge in [0.25, 0.3) is 0 Å². The van der Waals surface area contributed by atoms with Gasteiger partial charge in [-0.1, -0.05) is 23.2 Å². The molecule has 5 heteroatoms. The first-order valence-electron chi connectivity index (χ1n) is 4.24. The summed E-state index contributed by atoms with van der Waals surface area (Å²) in [5.41, 5.74) is 1.37. The smallest absolute Gasteiger partial charge is 0.309 e. The van der Waals surface area contributed by atoms with Gasteiger partial charge in [0.1, 0.15) is 0 Å². The average molecular weight is 244 g/mol. The zero-order chi connectivity index (χ0) is 11.0. The Bertz CT molecular complexity index is 533. The fraction of sp³-hybridized carbons (Fsp3) is 0.100. The summed E-state index contributed by atoms with van der Waals surface area (Å²) in [6, 6.07) is 5.07. The molecule has 0 bridgehead atoms. The Hall–Kier alpha value is -1.19. The Morgan fingerprint density at radius 3 is 2.73 bits per heavy atom. The zero-order valence-electron chi connectivity index (χ0n) is 7.55. The Morgan fingerprint density at radius 2 is 2.07 bits per heavy atom. The molecule has 0 spiro atoms. The molecule has 1 aromatic carbocycles. The first kappa shape index (κ1) is 10.3. The lowest BCUT2D eigenvalue weighted by atomic mass is 10.2. The van der Waals surface area contributed by atoms with Crippen LogP contribution in [0.1, 0.15) is 5.69 Å². The monoisotopic (exact) mass is 243 g/mol. The van der Waals surface area contributed by atoms with Crippen LogP contribution in [0.4, 0.5) is 0 Å². The van der Waals surface area contributed by atoms with Crippen molar-refractivity contribution in [2.24, 2.45) is 0 Å². The number of rotatable bonds is 2. The van der Waals surface area contributed by atoms with Gasteiger partial charge in [-0.05, 0) is 18.2 Å². The van der Waals surface area contributed by atoms with E-state index in [1.54, 1.807) is 18.2 Å². The molecule has 0 aliphatic heterocycles. The van der Waals surface area contributed by atoms with Gasteiger partial charge in [-0.3, -0.25) is 4.79 Å². The molecule has 0 fully saturated rings. The Balaban J connectivity index is 2.55. The van der Waals surface area contributed by atoms with E-state index in [-0.39, 0.29) is 6.42 Å². The SMILES string of the molecule is O=C(O)Cc1cc2c(Cl)cc(Cl)cc2[nH]1. The number of halogens is 2. The van der Waals surface area contributed by atoms with Crippen LogP contribution in [0.5, 0.6) is 0 Å². The highest BCUT2D eigenvalue weighted by Gasteiger charge is 2.08. The Labute approximate surface area is 95.6 Å². The second-order valence-corrected chi connectivity index (χ2v) is 4.06. The van der Waals surface area contributed by atoms with Crippen molar-refractivity contribution < 1.29 is 9.90 Å². The minimum atomic E-state index is -0.885. The highest BCUT2D eigenvalue weighted by atomic mass is 35.5. The molecule has 0 amide bonds. The molecule has 78 valence electrons. The van der Waals surface area contributed by atoms with Crippen molar-refractivity contribution in [2.45, 2.75) is 6.42 Å². The van der Waals surface area contributed by atoms with E-state index in [1.165, 1.54) is 0 Å². The average Bonchev–Trinajstić information content (AvgIpc) is 2.45. The fourth-order valence-corrected chi connectivity index (χ4v) is 2.02. The van der Waals surface area contributed by atoms with Crippen LogP contribution in [0.2, 0.25) is 10.0 Å². The van der Waals surface area contributed by atoms with Crippen LogP contribution in [0.25, 0.3) is 10.9 Å². The molecule has 15 heavy (non-hydrogen) atoms. The van der Waals surface area contributed by atoms with Gasteiger partial charge in [-0.2, -0.15) is 0 Å². The largest absolute Gasteiger partial charge is 0.481 e. The molecular weight excluding hydrogens is 237 g/mol. The normalized spacial score (nSPS) is 10.8. The summed E-state index contributed by atoms with van der Waals surface area (Å²) in [4.78, 5) is 13.5. The van der Waals surface area contributed by atoms with E-state index in [1.807, 2.05) is 0 Å². The number of aromatic nitrogens is 1. The number of carbonyl (C=O) groups is 1. The molecular formula is C10H7Cl2NO2. The summed E-state index contributed by atoms with van der Waals surface area (Å²) in [5, 5.41) is 10.5. The summed E-state index contributed by atoms with van der Waals surface area (Å²) >= 11 is 11.8. The lowest BCUT2D eigenvalue weighted by Crippen LogP contribution is -1.99. The molecule has 1 aromatic heterocycles. The minimum absolute atomic E-state index is 0.0529. The maximum Gasteiger partial charge on any atom is 0.309 e. The summed E-state index contributed by atoms with van der Waals surface area (Å²) in [5.74, 6) is -0.885. The summed E-state index contributed by atoms with van der Waals surface area (Å²) in [6.45, 7) is 0. The summed E-state index contributed by atoms with van der Waals surface area (Å²) in [7, 11) is 0. The third-order valence-corrected chi connectivity index (χ3v) is 2.58. The number of benzene rings is 1. The van der Waals surface area contributed by atoms with E-state index in [0.29, 0.717) is 15.7 Å². The van der Waals surface area contributed by atoms with Crippen molar-refractivity contribution in [3.05, 3.63) is 33.9 Å². The highest BCUT2D eigenvalue weighted by Crippen LogP contribution is 2.28. The number of H-pyrrole nitrogens is 1. The van der Waals surface area contributed by atoms with Gasteiger partial charge in [0.15, 0.2) is 0 Å². The summed E-state index contributed by atoms with van der Waals surface area (Å²) in [6.07, 6.45) is -0.0529. The van der Waals surface area contributed by atoms with Crippen LogP contribution in [0.3, 0.4) is 0 Å². The molecule has 0 saturated heterocycles. The van der Waals surface area contributed by atoms with Crippen LogP contribution in [-0.2, 0) is 11.2 Å². The van der Waals surface area contributed by atoms with Gasteiger partial charge in [0.2, 0.25) is 0 Å². The van der Waals surface area contributed by atoms with Crippen LogP contribution in [0.15, 0.2) is 18.2 Å². The predicted octanol–water partition coefficient (Wildman–Crippen LogP) is 3.10. The first-order valence-corrected chi connectivity index (χ1v) is 5.00. The van der Waals surface area contributed by atoms with E-state index in [2.05, 4.69) is 4.98 Å². The van der Waals surface area contributed by atoms with Crippen LogP contribution in [0, 0.1) is 0 Å². The van der Waals surface area contributed by atoms with Gasteiger partial charge < -0.3 is 10.1 Å². The summed E-state index contributed by atoms with van der Waals surface area (Å²) < 4.78 is 0. The van der Waals surface area contributed by atoms with Crippen molar-refractivity contribution in [2.75, 3.05) is 0 Å². The number of hydrogen-bond donors (Lipinski definition) is 2. The van der Waals surface area contributed by atoms with E-state index >= 15 is 0 Å². The van der Waals surface area contributed by atoms with E-state index in [9.17, 15) is 4.79 Å². The van der Waals surface area contributed by atoms with E-state index in [4.69, 9.17) is 28.3 Å². The standard InChI is InChI=1S/C10H7Cl2NO2/c11-5-1-8(12)7-3-6(4-10(14)15)13-9(7)2-5/h1-3,13H,4H2,(H,14,15). The number of carboxylic acid groups (broad SMARTS) is 1. The number of aromatic amines is 1. The molecule has 0 aliphatic carbocycles. The number of nitrogens with one attached hydrogen (secondary N) is 1. The maximum atomic E-state index is 10.5. The lowest BCUT2D eigenvalue weighted by Gasteiger charge is -1.94. The molecule has 0 unspecified atom stereocenters. The maximum absolute atomic E-state index is 10.5. The second kappa shape index (κ2) is 3.76. The minimum Gasteiger partial charge on any atom is -0.481 e. The van der Waals surface area contributed by atoms with Crippen LogP contribution >= 0.6 is 23.2 Å². The lowest BCUT2D eigenvalue weighted by molar-refractivity contribution is -0.136. The van der Waals surface area contributed by atoms with E-state index in [0.717, 1.165) is 10.9 Å². The number of carboxylic acids is 1. The Kier molecular flexibility index (Phi) is 2.59. The predicted molar refractivity (Wildman–Crippen MR) is 59.7 cm³/mol. The third-order valence-electron chi connectivity index (χ3n) is 2.05. The van der Waals surface area contributed by atoms with Crippen molar-refractivity contribution in [1.29, 1.82) is 0 Å². The quantitative estimate of drug-likeness (QED) is 0.852. The third kappa shape index (κ3) is 2.08. The molecule has 2 rings (SSSR count). The van der Waals surface area contributed by atoms with Crippen molar-refractivity contribution in [3.63, 3.8) is 0 Å². The molecule has 0 atom stereocenters. The Morgan fingerprint density at radius 1 is 1.33 bits per heavy atom. The molecule has 0 aliphatic rings. The topological polar surface area (TPSA) is 53.1 Å². The van der Waals surface area contributed by atoms with E-state index < -0.39 is 5.97 Å². The highest BCUT2D eigenvalue weighted by molar-refractivity contribution is 6.38. The van der Waals surface area contributed by atoms with Crippen LogP contribution < -0.4 is 0 Å². The first-order chi connectivity index (χ1) is 7.06. The van der Waals surface area contributed by atoms with Crippen molar-refractivity contribution in [3.8, 4) is 0 Å². The van der Waals surface area contributed by atoms with Crippen molar-refractivity contribution in [1.82, 2.24) is 4.98 Å². The molecule has 3 nitrogen and oxygen atoms in total. The molecule has 2 N–H and O–H groups in total. The van der Waals surface area contributed by atoms with Gasteiger partial charge in [0.05, 0.1) is 11.4 Å². The van der Waals surface area contributed by atoms with Gasteiger partial charge >= 0.3 is 5.97 Å². The molecule has 1 heterocycles.